The quantitative estimate of drug-likeness (QED) is 0.608. The van der Waals surface area contributed by atoms with Crippen LogP contribution in [0, 0.1) is 0 Å². The molecule has 4 aromatic rings. The number of amides is 1. The lowest BCUT2D eigenvalue weighted by Crippen LogP contribution is -2.30. The third-order valence-electron chi connectivity index (χ3n) is 4.00. The SMILES string of the molecule is O=C(c1ccc2[nH]ncc2c1)N(Cc1cccnc1)Cc1ccco1. The lowest BCUT2D eigenvalue weighted by molar-refractivity contribution is 0.0717. The van der Waals surface area contributed by atoms with Crippen molar-refractivity contribution in [3.05, 3.63) is 84.2 Å². The van der Waals surface area contributed by atoms with Gasteiger partial charge in [-0.05, 0) is 42.0 Å². The number of fused-ring (bicyclic) bond motifs is 1. The van der Waals surface area contributed by atoms with Crippen LogP contribution in [0.25, 0.3) is 10.9 Å². The van der Waals surface area contributed by atoms with Gasteiger partial charge in [0.1, 0.15) is 5.76 Å². The standard InChI is InChI=1S/C19H16N4O2/c24-19(15-5-6-18-16(9-15)11-21-22-18)23(13-17-4-2-8-25-17)12-14-3-1-7-20-10-14/h1-11H,12-13H2,(H,21,22). The molecule has 0 saturated carbocycles. The number of aromatic amines is 1. The van der Waals surface area contributed by atoms with Crippen LogP contribution in [0.3, 0.4) is 0 Å². The second-order valence-corrected chi connectivity index (χ2v) is 5.77. The molecule has 1 N–H and O–H groups in total. The molecule has 1 aromatic carbocycles. The van der Waals surface area contributed by atoms with Crippen LogP contribution >= 0.6 is 0 Å². The Morgan fingerprint density at radius 2 is 2.08 bits per heavy atom. The average molecular weight is 332 g/mol. The molecule has 0 unspecified atom stereocenters. The van der Waals surface area contributed by atoms with Crippen molar-refractivity contribution < 1.29 is 9.21 Å². The van der Waals surface area contributed by atoms with Crippen LogP contribution in [0.5, 0.6) is 0 Å². The van der Waals surface area contributed by atoms with Crippen LogP contribution in [-0.2, 0) is 13.1 Å². The van der Waals surface area contributed by atoms with E-state index in [1.807, 2.05) is 36.4 Å². The number of rotatable bonds is 5. The molecule has 3 aromatic heterocycles. The summed E-state index contributed by atoms with van der Waals surface area (Å²) < 4.78 is 5.42. The van der Waals surface area contributed by atoms with Crippen molar-refractivity contribution in [2.75, 3.05) is 0 Å². The van der Waals surface area contributed by atoms with E-state index in [9.17, 15) is 4.79 Å². The number of hydrogen-bond acceptors (Lipinski definition) is 4. The van der Waals surface area contributed by atoms with Crippen LogP contribution in [0.4, 0.5) is 0 Å². The second-order valence-electron chi connectivity index (χ2n) is 5.77. The molecule has 0 fully saturated rings. The molecule has 1 amide bonds. The topological polar surface area (TPSA) is 75.0 Å². The Kier molecular flexibility index (Phi) is 4.00. The van der Waals surface area contributed by atoms with E-state index in [-0.39, 0.29) is 5.91 Å². The number of aromatic nitrogens is 3. The van der Waals surface area contributed by atoms with Gasteiger partial charge in [-0.25, -0.2) is 0 Å². The van der Waals surface area contributed by atoms with Crippen molar-refractivity contribution >= 4 is 16.8 Å². The molecule has 0 radical (unpaired) electrons. The summed E-state index contributed by atoms with van der Waals surface area (Å²) >= 11 is 0. The van der Waals surface area contributed by atoms with Crippen LogP contribution < -0.4 is 0 Å². The Hall–Kier alpha value is -3.41. The Labute approximate surface area is 144 Å². The minimum Gasteiger partial charge on any atom is -0.467 e. The van der Waals surface area contributed by atoms with Gasteiger partial charge in [0, 0.05) is 29.9 Å². The smallest absolute Gasteiger partial charge is 0.254 e. The molecule has 0 saturated heterocycles. The monoisotopic (exact) mass is 332 g/mol. The summed E-state index contributed by atoms with van der Waals surface area (Å²) in [7, 11) is 0. The summed E-state index contributed by atoms with van der Waals surface area (Å²) in [4.78, 5) is 18.9. The minimum atomic E-state index is -0.0663. The molecule has 6 nitrogen and oxygen atoms in total. The Morgan fingerprint density at radius 3 is 2.88 bits per heavy atom. The number of H-pyrrole nitrogens is 1. The number of furan rings is 1. The molecule has 124 valence electrons. The first kappa shape index (κ1) is 15.1. The maximum atomic E-state index is 13.1. The van der Waals surface area contributed by atoms with Crippen molar-refractivity contribution in [1.82, 2.24) is 20.1 Å². The van der Waals surface area contributed by atoms with E-state index < -0.39 is 0 Å². The molecule has 0 aliphatic rings. The van der Waals surface area contributed by atoms with Gasteiger partial charge in [0.2, 0.25) is 0 Å². The van der Waals surface area contributed by atoms with E-state index in [1.54, 1.807) is 35.8 Å². The fourth-order valence-corrected chi connectivity index (χ4v) is 2.76. The van der Waals surface area contributed by atoms with Crippen LogP contribution in [0.2, 0.25) is 0 Å². The van der Waals surface area contributed by atoms with E-state index in [4.69, 9.17) is 4.42 Å². The fraction of sp³-hybridized carbons (Fsp3) is 0.105. The molecule has 0 aliphatic carbocycles. The predicted octanol–water partition coefficient (Wildman–Crippen LogP) is 3.39. The van der Waals surface area contributed by atoms with Crippen molar-refractivity contribution in [3.63, 3.8) is 0 Å². The number of nitrogens with zero attached hydrogens (tertiary/aromatic N) is 3. The van der Waals surface area contributed by atoms with Gasteiger partial charge in [-0.2, -0.15) is 5.10 Å². The van der Waals surface area contributed by atoms with Gasteiger partial charge in [-0.15, -0.1) is 0 Å². The van der Waals surface area contributed by atoms with E-state index in [0.29, 0.717) is 18.7 Å². The lowest BCUT2D eigenvalue weighted by Gasteiger charge is -2.22. The molecule has 0 aliphatic heterocycles. The van der Waals surface area contributed by atoms with Gasteiger partial charge in [0.05, 0.1) is 24.5 Å². The van der Waals surface area contributed by atoms with Gasteiger partial charge >= 0.3 is 0 Å². The molecule has 0 atom stereocenters. The highest BCUT2D eigenvalue weighted by atomic mass is 16.3. The van der Waals surface area contributed by atoms with Gasteiger partial charge in [0.25, 0.3) is 5.91 Å². The third kappa shape index (κ3) is 3.28. The normalized spacial score (nSPS) is 10.9. The molecule has 3 heterocycles. The highest BCUT2D eigenvalue weighted by Gasteiger charge is 2.18. The van der Waals surface area contributed by atoms with Gasteiger partial charge < -0.3 is 9.32 Å². The summed E-state index contributed by atoms with van der Waals surface area (Å²) in [6.07, 6.45) is 6.81. The van der Waals surface area contributed by atoms with Crippen LogP contribution in [0.15, 0.2) is 71.7 Å². The summed E-state index contributed by atoms with van der Waals surface area (Å²) in [6.45, 7) is 0.848. The largest absolute Gasteiger partial charge is 0.467 e. The minimum absolute atomic E-state index is 0.0663. The number of carbonyl (C=O) groups excluding carboxylic acids is 1. The first-order chi connectivity index (χ1) is 12.3. The van der Waals surface area contributed by atoms with Gasteiger partial charge in [-0.3, -0.25) is 14.9 Å². The summed E-state index contributed by atoms with van der Waals surface area (Å²) in [5.41, 5.74) is 2.48. The maximum Gasteiger partial charge on any atom is 0.254 e. The van der Waals surface area contributed by atoms with Crippen molar-refractivity contribution in [2.24, 2.45) is 0 Å². The molecule has 0 spiro atoms. The summed E-state index contributed by atoms with van der Waals surface area (Å²) in [6, 6.07) is 13.0. The first-order valence-electron chi connectivity index (χ1n) is 7.93. The zero-order chi connectivity index (χ0) is 17.1. The summed E-state index contributed by atoms with van der Waals surface area (Å²) in [5.74, 6) is 0.671. The highest BCUT2D eigenvalue weighted by Crippen LogP contribution is 2.18. The molecule has 25 heavy (non-hydrogen) atoms. The Bertz CT molecular complexity index is 977. The van der Waals surface area contributed by atoms with Crippen LogP contribution in [0.1, 0.15) is 21.7 Å². The molecule has 4 rings (SSSR count). The predicted molar refractivity (Wildman–Crippen MR) is 92.6 cm³/mol. The van der Waals surface area contributed by atoms with Crippen LogP contribution in [-0.4, -0.2) is 26.0 Å². The molecule has 6 heteroatoms. The highest BCUT2D eigenvalue weighted by molar-refractivity contribution is 5.97. The number of nitrogens with one attached hydrogen (secondary N) is 1. The van der Waals surface area contributed by atoms with E-state index in [0.717, 1.165) is 22.2 Å². The maximum absolute atomic E-state index is 13.1. The number of pyridine rings is 1. The zero-order valence-electron chi connectivity index (χ0n) is 13.4. The fourth-order valence-electron chi connectivity index (χ4n) is 2.76. The molecular formula is C19H16N4O2. The number of hydrogen-bond donors (Lipinski definition) is 1. The number of benzene rings is 1. The van der Waals surface area contributed by atoms with E-state index in [2.05, 4.69) is 15.2 Å². The first-order valence-corrected chi connectivity index (χ1v) is 7.93. The lowest BCUT2D eigenvalue weighted by atomic mass is 10.1. The zero-order valence-corrected chi connectivity index (χ0v) is 13.4. The van der Waals surface area contributed by atoms with Crippen molar-refractivity contribution in [2.45, 2.75) is 13.1 Å². The van der Waals surface area contributed by atoms with Gasteiger partial charge in [0.15, 0.2) is 0 Å². The van der Waals surface area contributed by atoms with E-state index in [1.165, 1.54) is 0 Å². The summed E-state index contributed by atoms with van der Waals surface area (Å²) in [5, 5.41) is 7.80. The number of carbonyl (C=O) groups is 1. The van der Waals surface area contributed by atoms with Gasteiger partial charge in [-0.1, -0.05) is 6.07 Å². The molecule has 0 bridgehead atoms. The average Bonchev–Trinajstić information content (AvgIpc) is 3.32. The van der Waals surface area contributed by atoms with E-state index >= 15 is 0 Å². The Morgan fingerprint density at radius 1 is 1.12 bits per heavy atom. The second kappa shape index (κ2) is 6.60. The Balaban J connectivity index is 1.64. The molecular weight excluding hydrogens is 316 g/mol. The van der Waals surface area contributed by atoms with Crippen molar-refractivity contribution in [1.29, 1.82) is 0 Å². The third-order valence-corrected chi connectivity index (χ3v) is 4.00. The van der Waals surface area contributed by atoms with Crippen molar-refractivity contribution in [3.8, 4) is 0 Å².